The van der Waals surface area contributed by atoms with Crippen molar-refractivity contribution in [1.29, 1.82) is 0 Å². The molecule has 0 fully saturated rings. The van der Waals surface area contributed by atoms with E-state index < -0.39 is 10.0 Å². The number of nitrogens with zero attached hydrogens (tertiary/aromatic N) is 2. The molecule has 4 aromatic rings. The van der Waals surface area contributed by atoms with E-state index in [2.05, 4.69) is 19.6 Å². The summed E-state index contributed by atoms with van der Waals surface area (Å²) in [7, 11) is -3.65. The molecule has 0 saturated heterocycles. The molecule has 3 aromatic heterocycles. The summed E-state index contributed by atoms with van der Waals surface area (Å²) in [5.74, 6) is 0.586. The Balaban J connectivity index is 0.000000236. The topological polar surface area (TPSA) is 124 Å². The lowest BCUT2D eigenvalue weighted by molar-refractivity contribution is 0.430. The van der Waals surface area contributed by atoms with E-state index in [0.717, 1.165) is 21.3 Å². The maximum absolute atomic E-state index is 12.3. The van der Waals surface area contributed by atoms with Crippen molar-refractivity contribution in [3.63, 3.8) is 0 Å². The number of benzene rings is 1. The van der Waals surface area contributed by atoms with Crippen molar-refractivity contribution in [2.75, 3.05) is 10.5 Å². The van der Waals surface area contributed by atoms with Gasteiger partial charge in [-0.05, 0) is 45.2 Å². The van der Waals surface area contributed by atoms with E-state index >= 15 is 0 Å². The van der Waals surface area contributed by atoms with Gasteiger partial charge in [0.05, 0.1) is 11.4 Å². The second-order valence-corrected chi connectivity index (χ2v) is 9.18. The number of sulfonamides is 1. The van der Waals surface area contributed by atoms with Crippen LogP contribution < -0.4 is 10.5 Å². The van der Waals surface area contributed by atoms with Gasteiger partial charge in [0.15, 0.2) is 0 Å². The number of nitrogens with two attached hydrogens (primary N) is 1. The van der Waals surface area contributed by atoms with Crippen LogP contribution in [0.2, 0.25) is 0 Å². The first-order valence-electron chi connectivity index (χ1n) is 8.31. The first-order chi connectivity index (χ1) is 13.2. The molecular formula is C18H20N4O4S2. The summed E-state index contributed by atoms with van der Waals surface area (Å²) in [6, 6.07) is 9.19. The van der Waals surface area contributed by atoms with E-state index in [9.17, 15) is 8.42 Å². The lowest BCUT2D eigenvalue weighted by Crippen LogP contribution is -2.11. The highest BCUT2D eigenvalue weighted by Gasteiger charge is 2.21. The smallest absolute Gasteiger partial charge is 0.273 e. The number of rotatable bonds is 3. The lowest BCUT2D eigenvalue weighted by atomic mass is 10.3. The molecule has 3 N–H and O–H groups in total. The monoisotopic (exact) mass is 420 g/mol. The van der Waals surface area contributed by atoms with E-state index in [4.69, 9.17) is 10.3 Å². The third-order valence-electron chi connectivity index (χ3n) is 4.25. The number of aryl methyl sites for hydroxylation is 2. The van der Waals surface area contributed by atoms with Gasteiger partial charge >= 0.3 is 0 Å². The quantitative estimate of drug-likeness (QED) is 0.509. The van der Waals surface area contributed by atoms with Crippen LogP contribution in [0.5, 0.6) is 0 Å². The second kappa shape index (κ2) is 7.64. The zero-order chi connectivity index (χ0) is 20.5. The van der Waals surface area contributed by atoms with E-state index in [1.807, 2.05) is 38.1 Å². The first kappa shape index (κ1) is 19.9. The van der Waals surface area contributed by atoms with Gasteiger partial charge in [0.2, 0.25) is 11.8 Å². The van der Waals surface area contributed by atoms with Crippen LogP contribution in [0.4, 0.5) is 11.8 Å². The summed E-state index contributed by atoms with van der Waals surface area (Å²) in [5, 5.41) is 8.26. The molecule has 0 unspecified atom stereocenters. The lowest BCUT2D eigenvalue weighted by Gasteiger charge is -2.02. The first-order valence-corrected chi connectivity index (χ1v) is 10.6. The Morgan fingerprint density at radius 3 is 2.14 bits per heavy atom. The van der Waals surface area contributed by atoms with Crippen LogP contribution in [0.1, 0.15) is 22.5 Å². The molecule has 0 aliphatic rings. The number of fused-ring (bicyclic) bond motifs is 1. The molecule has 8 nitrogen and oxygen atoms in total. The van der Waals surface area contributed by atoms with Crippen LogP contribution in [0.25, 0.3) is 10.1 Å². The van der Waals surface area contributed by atoms with E-state index in [0.29, 0.717) is 17.1 Å². The Bertz CT molecular complexity index is 1170. The fourth-order valence-corrected chi connectivity index (χ4v) is 4.65. The molecule has 0 spiro atoms. The summed E-state index contributed by atoms with van der Waals surface area (Å²) in [6.45, 7) is 7.25. The minimum atomic E-state index is -3.65. The molecule has 0 radical (unpaired) electrons. The van der Waals surface area contributed by atoms with Crippen LogP contribution >= 0.6 is 11.3 Å². The third kappa shape index (κ3) is 4.02. The molecule has 148 valence electrons. The summed E-state index contributed by atoms with van der Waals surface area (Å²) >= 11 is 1.22. The average Bonchev–Trinajstić information content (AvgIpc) is 3.32. The van der Waals surface area contributed by atoms with Crippen molar-refractivity contribution in [3.8, 4) is 0 Å². The third-order valence-corrected chi connectivity index (χ3v) is 7.17. The van der Waals surface area contributed by atoms with Crippen molar-refractivity contribution in [2.45, 2.75) is 31.9 Å². The Kier molecular flexibility index (Phi) is 5.43. The van der Waals surface area contributed by atoms with Crippen molar-refractivity contribution in [1.82, 2.24) is 10.3 Å². The maximum Gasteiger partial charge on any atom is 0.273 e. The van der Waals surface area contributed by atoms with Gasteiger partial charge in [-0.15, -0.1) is 11.3 Å². The number of hydrogen-bond donors (Lipinski definition) is 2. The molecule has 0 bridgehead atoms. The molecule has 0 saturated carbocycles. The summed E-state index contributed by atoms with van der Waals surface area (Å²) < 4.78 is 37.9. The highest BCUT2D eigenvalue weighted by atomic mass is 32.2. The number of anilines is 2. The van der Waals surface area contributed by atoms with Gasteiger partial charge in [-0.1, -0.05) is 28.5 Å². The van der Waals surface area contributed by atoms with Crippen molar-refractivity contribution in [3.05, 3.63) is 52.8 Å². The summed E-state index contributed by atoms with van der Waals surface area (Å²) in [5.41, 5.74) is 8.47. The van der Waals surface area contributed by atoms with Crippen molar-refractivity contribution < 1.29 is 17.5 Å². The predicted octanol–water partition coefficient (Wildman–Crippen LogP) is 4.18. The molecule has 3 heterocycles. The number of hydrogen-bond acceptors (Lipinski definition) is 8. The Morgan fingerprint density at radius 1 is 1.00 bits per heavy atom. The van der Waals surface area contributed by atoms with E-state index in [1.54, 1.807) is 19.9 Å². The molecule has 0 aliphatic carbocycles. The molecule has 0 aliphatic heterocycles. The molecule has 1 aromatic carbocycles. The Morgan fingerprint density at radius 2 is 1.64 bits per heavy atom. The van der Waals surface area contributed by atoms with Gasteiger partial charge in [0.25, 0.3) is 10.0 Å². The standard InChI is InChI=1S/C13H12N2O3S2.C5H8N2O/c1-8-9(2)14-18-13(8)15-20(16,17)12-7-10-5-3-4-6-11(10)19-12;1-3-4(2)7-8-5(3)6/h3-7,15H,1-2H3;6H2,1-2H3. The normalized spacial score (nSPS) is 11.3. The minimum Gasteiger partial charge on any atom is -0.367 e. The SMILES string of the molecule is Cc1noc(N)c1C.Cc1noc(NS(=O)(=O)c2cc3ccccc3s2)c1C. The van der Waals surface area contributed by atoms with Crippen LogP contribution in [0.3, 0.4) is 0 Å². The van der Waals surface area contributed by atoms with Gasteiger partial charge in [-0.3, -0.25) is 0 Å². The number of nitrogens with one attached hydrogen (secondary N) is 1. The van der Waals surface area contributed by atoms with Gasteiger partial charge in [-0.2, -0.15) is 0 Å². The van der Waals surface area contributed by atoms with Crippen molar-refractivity contribution in [2.24, 2.45) is 0 Å². The predicted molar refractivity (Wildman–Crippen MR) is 109 cm³/mol. The van der Waals surface area contributed by atoms with E-state index in [-0.39, 0.29) is 10.1 Å². The summed E-state index contributed by atoms with van der Waals surface area (Å²) in [6.07, 6.45) is 0. The fraction of sp³-hybridized carbons (Fsp3) is 0.222. The molecule has 28 heavy (non-hydrogen) atoms. The highest BCUT2D eigenvalue weighted by Crippen LogP contribution is 2.30. The van der Waals surface area contributed by atoms with Crippen LogP contribution in [0.15, 0.2) is 43.6 Å². The van der Waals surface area contributed by atoms with Crippen LogP contribution in [-0.4, -0.2) is 18.7 Å². The van der Waals surface area contributed by atoms with Crippen molar-refractivity contribution >= 4 is 43.2 Å². The zero-order valence-electron chi connectivity index (χ0n) is 15.8. The molecule has 4 rings (SSSR count). The molecule has 0 amide bonds. The minimum absolute atomic E-state index is 0.167. The second-order valence-electron chi connectivity index (χ2n) is 6.19. The largest absolute Gasteiger partial charge is 0.367 e. The Labute approximate surface area is 166 Å². The summed E-state index contributed by atoms with van der Waals surface area (Å²) in [4.78, 5) is 0. The number of aromatic nitrogens is 2. The molecular weight excluding hydrogens is 400 g/mol. The van der Waals surface area contributed by atoms with Gasteiger partial charge < -0.3 is 14.8 Å². The zero-order valence-corrected chi connectivity index (χ0v) is 17.4. The fourth-order valence-electron chi connectivity index (χ4n) is 2.21. The molecule has 10 heteroatoms. The van der Waals surface area contributed by atoms with Crippen LogP contribution in [-0.2, 0) is 10.0 Å². The maximum atomic E-state index is 12.3. The van der Waals surface area contributed by atoms with Gasteiger partial charge in [0.1, 0.15) is 4.21 Å². The number of nitrogen functional groups attached to an aromatic ring is 1. The molecule has 0 atom stereocenters. The van der Waals surface area contributed by atoms with Crippen LogP contribution in [0, 0.1) is 27.7 Å². The number of thiophene rings is 1. The highest BCUT2D eigenvalue weighted by molar-refractivity contribution is 7.94. The average molecular weight is 421 g/mol. The van der Waals surface area contributed by atoms with Gasteiger partial charge in [-0.25, -0.2) is 13.1 Å². The Hall–Kier alpha value is -2.85. The van der Waals surface area contributed by atoms with E-state index in [1.165, 1.54) is 11.3 Å². The van der Waals surface area contributed by atoms with Gasteiger partial charge in [0, 0.05) is 15.8 Å².